The molecule has 5 nitrogen and oxygen atoms in total. The van der Waals surface area contributed by atoms with Crippen molar-refractivity contribution in [3.05, 3.63) is 35.9 Å². The van der Waals surface area contributed by atoms with Gasteiger partial charge in [-0.25, -0.2) is 4.79 Å². The molecule has 18 heavy (non-hydrogen) atoms. The number of carbonyl (C=O) groups excluding carboxylic acids is 1. The molecule has 0 aliphatic carbocycles. The van der Waals surface area contributed by atoms with Gasteiger partial charge in [0.1, 0.15) is 5.88 Å². The molecule has 1 aromatic carbocycles. The maximum absolute atomic E-state index is 11.8. The van der Waals surface area contributed by atoms with Gasteiger partial charge in [0.05, 0.1) is 6.61 Å². The SMILES string of the molecule is O=C(O)C1COC(c2ccccc2)N1C(=O)CCl. The maximum atomic E-state index is 11.8. The van der Waals surface area contributed by atoms with Gasteiger partial charge in [0.25, 0.3) is 0 Å². The summed E-state index contributed by atoms with van der Waals surface area (Å²) in [4.78, 5) is 24.0. The van der Waals surface area contributed by atoms with E-state index in [1.165, 1.54) is 4.90 Å². The fraction of sp³-hybridized carbons (Fsp3) is 0.333. The van der Waals surface area contributed by atoms with E-state index in [0.29, 0.717) is 0 Å². The number of alkyl halides is 1. The van der Waals surface area contributed by atoms with Crippen LogP contribution in [0.5, 0.6) is 0 Å². The normalized spacial score (nSPS) is 23.1. The lowest BCUT2D eigenvalue weighted by Crippen LogP contribution is -2.43. The predicted molar refractivity (Wildman–Crippen MR) is 64.1 cm³/mol. The monoisotopic (exact) mass is 269 g/mol. The molecule has 0 saturated carbocycles. The van der Waals surface area contributed by atoms with Gasteiger partial charge in [0.2, 0.25) is 5.91 Å². The van der Waals surface area contributed by atoms with Gasteiger partial charge in [-0.05, 0) is 0 Å². The van der Waals surface area contributed by atoms with E-state index in [-0.39, 0.29) is 12.5 Å². The van der Waals surface area contributed by atoms with E-state index < -0.39 is 24.1 Å². The molecule has 0 radical (unpaired) electrons. The van der Waals surface area contributed by atoms with Gasteiger partial charge in [-0.15, -0.1) is 11.6 Å². The third kappa shape index (κ3) is 2.32. The Hall–Kier alpha value is -1.59. The highest BCUT2D eigenvalue weighted by molar-refractivity contribution is 6.27. The van der Waals surface area contributed by atoms with Crippen LogP contribution in [-0.2, 0) is 14.3 Å². The molecule has 96 valence electrons. The standard InChI is InChI=1S/C12H12ClNO4/c13-6-10(15)14-9(12(16)17)7-18-11(14)8-4-2-1-3-5-8/h1-5,9,11H,6-7H2,(H,16,17). The van der Waals surface area contributed by atoms with Gasteiger partial charge in [0.15, 0.2) is 12.3 Å². The van der Waals surface area contributed by atoms with Crippen molar-refractivity contribution in [2.75, 3.05) is 12.5 Å². The van der Waals surface area contributed by atoms with Crippen molar-refractivity contribution in [3.63, 3.8) is 0 Å². The van der Waals surface area contributed by atoms with Crippen LogP contribution in [-0.4, -0.2) is 40.4 Å². The summed E-state index contributed by atoms with van der Waals surface area (Å²) in [5.74, 6) is -1.81. The number of carboxylic acid groups (broad SMARTS) is 1. The highest BCUT2D eigenvalue weighted by atomic mass is 35.5. The first kappa shape index (κ1) is 12.9. The van der Waals surface area contributed by atoms with E-state index in [0.717, 1.165) is 5.56 Å². The van der Waals surface area contributed by atoms with E-state index in [1.54, 1.807) is 24.3 Å². The molecule has 1 heterocycles. The third-order valence-electron chi connectivity index (χ3n) is 2.77. The summed E-state index contributed by atoms with van der Waals surface area (Å²) in [7, 11) is 0. The molecular weight excluding hydrogens is 258 g/mol. The number of ether oxygens (including phenoxy) is 1. The minimum absolute atomic E-state index is 0.0302. The third-order valence-corrected chi connectivity index (χ3v) is 3.00. The summed E-state index contributed by atoms with van der Waals surface area (Å²) in [6.07, 6.45) is -0.682. The van der Waals surface area contributed by atoms with Gasteiger partial charge in [-0.2, -0.15) is 0 Å². The fourth-order valence-corrected chi connectivity index (χ4v) is 2.08. The number of hydrogen-bond donors (Lipinski definition) is 1. The Morgan fingerprint density at radius 1 is 1.39 bits per heavy atom. The fourth-order valence-electron chi connectivity index (χ4n) is 1.94. The topological polar surface area (TPSA) is 66.8 Å². The van der Waals surface area contributed by atoms with Crippen molar-refractivity contribution in [1.82, 2.24) is 4.90 Å². The average Bonchev–Trinajstić information content (AvgIpc) is 2.83. The first-order valence-corrected chi connectivity index (χ1v) is 5.95. The second kappa shape index (κ2) is 5.37. The number of halogens is 1. The number of hydrogen-bond acceptors (Lipinski definition) is 3. The van der Waals surface area contributed by atoms with Crippen LogP contribution >= 0.6 is 11.6 Å². The van der Waals surface area contributed by atoms with Crippen LogP contribution in [0.3, 0.4) is 0 Å². The molecule has 0 aromatic heterocycles. The molecular formula is C12H12ClNO4. The van der Waals surface area contributed by atoms with Crippen molar-refractivity contribution in [1.29, 1.82) is 0 Å². The highest BCUT2D eigenvalue weighted by Crippen LogP contribution is 2.30. The Bertz CT molecular complexity index is 451. The first-order valence-electron chi connectivity index (χ1n) is 5.41. The van der Waals surface area contributed by atoms with Crippen molar-refractivity contribution >= 4 is 23.5 Å². The summed E-state index contributed by atoms with van der Waals surface area (Å²) >= 11 is 5.52. The molecule has 0 bridgehead atoms. The minimum atomic E-state index is -1.09. The van der Waals surface area contributed by atoms with Crippen LogP contribution in [0, 0.1) is 0 Å². The molecule has 1 aliphatic rings. The summed E-state index contributed by atoms with van der Waals surface area (Å²) in [5.41, 5.74) is 0.736. The number of benzene rings is 1. The van der Waals surface area contributed by atoms with Gasteiger partial charge in [-0.1, -0.05) is 30.3 Å². The highest BCUT2D eigenvalue weighted by Gasteiger charge is 2.42. The van der Waals surface area contributed by atoms with Crippen LogP contribution < -0.4 is 0 Å². The van der Waals surface area contributed by atoms with E-state index in [1.807, 2.05) is 6.07 Å². The second-order valence-electron chi connectivity index (χ2n) is 3.89. The number of amides is 1. The van der Waals surface area contributed by atoms with E-state index in [9.17, 15) is 9.59 Å². The molecule has 1 fully saturated rings. The molecule has 1 N–H and O–H groups in total. The lowest BCUT2D eigenvalue weighted by atomic mass is 10.1. The predicted octanol–water partition coefficient (Wildman–Crippen LogP) is 1.24. The zero-order valence-electron chi connectivity index (χ0n) is 9.45. The number of aliphatic carboxylic acids is 1. The van der Waals surface area contributed by atoms with Gasteiger partial charge in [0, 0.05) is 5.56 Å². The quantitative estimate of drug-likeness (QED) is 0.839. The van der Waals surface area contributed by atoms with Crippen LogP contribution in [0.25, 0.3) is 0 Å². The Morgan fingerprint density at radius 3 is 2.61 bits per heavy atom. The van der Waals surface area contributed by atoms with E-state index >= 15 is 0 Å². The Morgan fingerprint density at radius 2 is 2.06 bits per heavy atom. The molecule has 1 aromatic rings. The zero-order valence-corrected chi connectivity index (χ0v) is 10.2. The Balaban J connectivity index is 2.31. The molecule has 1 saturated heterocycles. The summed E-state index contributed by atoms with van der Waals surface area (Å²) < 4.78 is 5.41. The number of nitrogens with zero attached hydrogens (tertiary/aromatic N) is 1. The molecule has 2 atom stereocenters. The maximum Gasteiger partial charge on any atom is 0.328 e. The largest absolute Gasteiger partial charge is 0.480 e. The molecule has 1 aliphatic heterocycles. The van der Waals surface area contributed by atoms with Gasteiger partial charge >= 0.3 is 5.97 Å². The molecule has 0 spiro atoms. The smallest absolute Gasteiger partial charge is 0.328 e. The molecule has 2 unspecified atom stereocenters. The number of rotatable bonds is 3. The zero-order chi connectivity index (χ0) is 13.1. The summed E-state index contributed by atoms with van der Waals surface area (Å²) in [5, 5.41) is 9.08. The number of carboxylic acids is 1. The van der Waals surface area contributed by atoms with E-state index in [2.05, 4.69) is 0 Å². The van der Waals surface area contributed by atoms with Crippen molar-refractivity contribution < 1.29 is 19.4 Å². The second-order valence-corrected chi connectivity index (χ2v) is 4.15. The Kier molecular flexibility index (Phi) is 3.84. The van der Waals surface area contributed by atoms with Crippen molar-refractivity contribution in [2.45, 2.75) is 12.3 Å². The summed E-state index contributed by atoms with van der Waals surface area (Å²) in [6.45, 7) is -0.0302. The first-order chi connectivity index (χ1) is 8.65. The van der Waals surface area contributed by atoms with Crippen molar-refractivity contribution in [2.24, 2.45) is 0 Å². The van der Waals surface area contributed by atoms with Crippen molar-refractivity contribution in [3.8, 4) is 0 Å². The van der Waals surface area contributed by atoms with Gasteiger partial charge < -0.3 is 9.84 Å². The summed E-state index contributed by atoms with van der Waals surface area (Å²) in [6, 6.07) is 8.02. The molecule has 6 heteroatoms. The van der Waals surface area contributed by atoms with Gasteiger partial charge in [-0.3, -0.25) is 9.69 Å². The average molecular weight is 270 g/mol. The molecule has 1 amide bonds. The Labute approximate surface area is 109 Å². The molecule has 2 rings (SSSR count). The van der Waals surface area contributed by atoms with Crippen LogP contribution in [0.15, 0.2) is 30.3 Å². The number of carbonyl (C=O) groups is 2. The van der Waals surface area contributed by atoms with Crippen LogP contribution in [0.2, 0.25) is 0 Å². The van der Waals surface area contributed by atoms with E-state index in [4.69, 9.17) is 21.4 Å². The lowest BCUT2D eigenvalue weighted by Gasteiger charge is -2.25. The van der Waals surface area contributed by atoms with Crippen LogP contribution in [0.1, 0.15) is 11.8 Å². The minimum Gasteiger partial charge on any atom is -0.480 e. The van der Waals surface area contributed by atoms with Crippen LogP contribution in [0.4, 0.5) is 0 Å². The lowest BCUT2D eigenvalue weighted by molar-refractivity contribution is -0.149.